The van der Waals surface area contributed by atoms with Gasteiger partial charge in [0.05, 0.1) is 19.2 Å². The summed E-state index contributed by atoms with van der Waals surface area (Å²) in [5, 5.41) is 12.5. The monoisotopic (exact) mass is 275 g/mol. The van der Waals surface area contributed by atoms with Crippen molar-refractivity contribution in [2.45, 2.75) is 27.2 Å². The lowest BCUT2D eigenvalue weighted by atomic mass is 9.97. The molecule has 0 fully saturated rings. The van der Waals surface area contributed by atoms with E-state index in [-0.39, 0.29) is 6.42 Å². The van der Waals surface area contributed by atoms with Crippen LogP contribution in [0.2, 0.25) is 0 Å². The Morgan fingerprint density at radius 2 is 2.00 bits per heavy atom. The minimum Gasteiger partial charge on any atom is -0.496 e. The number of rotatable bonds is 4. The molecule has 0 unspecified atom stereocenters. The van der Waals surface area contributed by atoms with Gasteiger partial charge in [-0.2, -0.15) is 0 Å². The molecule has 0 saturated heterocycles. The standard InChI is InChI=1S/C15H17NO4/c1-8-5-12(9(2)10(3)15(8)19-4)13-6-11(16-20-13)7-14(17)18/h5-6H,7H2,1-4H3,(H,17,18). The van der Waals surface area contributed by atoms with Crippen LogP contribution in [0.3, 0.4) is 0 Å². The van der Waals surface area contributed by atoms with E-state index < -0.39 is 5.97 Å². The van der Waals surface area contributed by atoms with Crippen LogP contribution in [0.4, 0.5) is 0 Å². The summed E-state index contributed by atoms with van der Waals surface area (Å²) in [6.07, 6.45) is -0.142. The van der Waals surface area contributed by atoms with Gasteiger partial charge in [-0.25, -0.2) is 0 Å². The van der Waals surface area contributed by atoms with Crippen LogP contribution < -0.4 is 4.74 Å². The van der Waals surface area contributed by atoms with E-state index in [1.807, 2.05) is 26.8 Å². The van der Waals surface area contributed by atoms with Gasteiger partial charge in [-0.1, -0.05) is 5.16 Å². The van der Waals surface area contributed by atoms with Crippen LogP contribution >= 0.6 is 0 Å². The number of aliphatic carboxylic acids is 1. The Hall–Kier alpha value is -2.30. The van der Waals surface area contributed by atoms with Gasteiger partial charge in [0.1, 0.15) is 5.75 Å². The second kappa shape index (κ2) is 5.36. The molecule has 0 aliphatic heterocycles. The minimum atomic E-state index is -0.927. The minimum absolute atomic E-state index is 0.142. The van der Waals surface area contributed by atoms with E-state index in [1.54, 1.807) is 13.2 Å². The van der Waals surface area contributed by atoms with Crippen molar-refractivity contribution in [3.8, 4) is 17.1 Å². The molecule has 0 atom stereocenters. The van der Waals surface area contributed by atoms with Crippen molar-refractivity contribution in [1.82, 2.24) is 5.16 Å². The van der Waals surface area contributed by atoms with Crippen molar-refractivity contribution >= 4 is 5.97 Å². The Kier molecular flexibility index (Phi) is 3.79. The summed E-state index contributed by atoms with van der Waals surface area (Å²) >= 11 is 0. The molecule has 1 N–H and O–H groups in total. The van der Waals surface area contributed by atoms with Crippen molar-refractivity contribution in [2.24, 2.45) is 0 Å². The van der Waals surface area contributed by atoms with Crippen LogP contribution in [0.5, 0.6) is 5.75 Å². The molecule has 106 valence electrons. The number of aromatic nitrogens is 1. The second-order valence-corrected chi connectivity index (χ2v) is 4.78. The molecule has 0 amide bonds. The van der Waals surface area contributed by atoms with Crippen molar-refractivity contribution in [3.63, 3.8) is 0 Å². The van der Waals surface area contributed by atoms with Gasteiger partial charge in [0.15, 0.2) is 5.76 Å². The quantitative estimate of drug-likeness (QED) is 0.928. The smallest absolute Gasteiger partial charge is 0.309 e. The maximum atomic E-state index is 10.7. The maximum Gasteiger partial charge on any atom is 0.309 e. The topological polar surface area (TPSA) is 72.6 Å². The van der Waals surface area contributed by atoms with Crippen LogP contribution in [0.1, 0.15) is 22.4 Å². The SMILES string of the molecule is COc1c(C)cc(-c2cc(CC(=O)O)no2)c(C)c1C. The van der Waals surface area contributed by atoms with E-state index >= 15 is 0 Å². The van der Waals surface area contributed by atoms with Crippen LogP contribution in [0.15, 0.2) is 16.7 Å². The summed E-state index contributed by atoms with van der Waals surface area (Å²) in [5.41, 5.74) is 4.40. The Balaban J connectivity index is 2.48. The zero-order chi connectivity index (χ0) is 14.9. The zero-order valence-electron chi connectivity index (χ0n) is 12.0. The van der Waals surface area contributed by atoms with Crippen molar-refractivity contribution in [2.75, 3.05) is 7.11 Å². The average Bonchev–Trinajstić information content (AvgIpc) is 2.82. The number of carbonyl (C=O) groups is 1. The van der Waals surface area contributed by atoms with E-state index in [9.17, 15) is 4.79 Å². The first-order chi connectivity index (χ1) is 9.43. The number of carboxylic acids is 1. The molecule has 2 rings (SSSR count). The average molecular weight is 275 g/mol. The highest BCUT2D eigenvalue weighted by atomic mass is 16.5. The molecule has 1 aromatic carbocycles. The van der Waals surface area contributed by atoms with Gasteiger partial charge in [-0.15, -0.1) is 0 Å². The van der Waals surface area contributed by atoms with Crippen molar-refractivity contribution < 1.29 is 19.2 Å². The Labute approximate surface area is 117 Å². The van der Waals surface area contributed by atoms with E-state index in [4.69, 9.17) is 14.4 Å². The highest BCUT2D eigenvalue weighted by molar-refractivity contribution is 5.72. The molecule has 0 bridgehead atoms. The molecule has 5 heteroatoms. The van der Waals surface area contributed by atoms with Crippen LogP contribution in [0.25, 0.3) is 11.3 Å². The molecule has 2 aromatic rings. The molecule has 0 spiro atoms. The van der Waals surface area contributed by atoms with Gasteiger partial charge in [0.25, 0.3) is 0 Å². The highest BCUT2D eigenvalue weighted by Gasteiger charge is 2.16. The first-order valence-corrected chi connectivity index (χ1v) is 6.26. The number of nitrogens with zero attached hydrogens (tertiary/aromatic N) is 1. The number of hydrogen-bond donors (Lipinski definition) is 1. The third-order valence-electron chi connectivity index (χ3n) is 3.39. The maximum absolute atomic E-state index is 10.7. The van der Waals surface area contributed by atoms with Gasteiger partial charge >= 0.3 is 5.97 Å². The normalized spacial score (nSPS) is 10.6. The van der Waals surface area contributed by atoms with E-state index in [1.165, 1.54) is 0 Å². The Morgan fingerprint density at radius 1 is 1.30 bits per heavy atom. The molecular weight excluding hydrogens is 258 g/mol. The molecule has 0 aliphatic rings. The van der Waals surface area contributed by atoms with Crippen molar-refractivity contribution in [3.05, 3.63) is 34.5 Å². The van der Waals surface area contributed by atoms with Crippen LogP contribution in [-0.2, 0) is 11.2 Å². The van der Waals surface area contributed by atoms with Gasteiger partial charge < -0.3 is 14.4 Å². The first kappa shape index (κ1) is 14.1. The van der Waals surface area contributed by atoms with E-state index in [0.29, 0.717) is 11.5 Å². The van der Waals surface area contributed by atoms with E-state index in [2.05, 4.69) is 5.16 Å². The van der Waals surface area contributed by atoms with Gasteiger partial charge in [-0.05, 0) is 43.5 Å². The summed E-state index contributed by atoms with van der Waals surface area (Å²) in [7, 11) is 1.65. The summed E-state index contributed by atoms with van der Waals surface area (Å²) in [6, 6.07) is 3.63. The highest BCUT2D eigenvalue weighted by Crippen LogP contribution is 2.34. The molecule has 1 aromatic heterocycles. The molecule has 1 heterocycles. The van der Waals surface area contributed by atoms with Gasteiger partial charge in [-0.3, -0.25) is 4.79 Å². The summed E-state index contributed by atoms with van der Waals surface area (Å²) in [6.45, 7) is 5.93. The lowest BCUT2D eigenvalue weighted by molar-refractivity contribution is -0.136. The lowest BCUT2D eigenvalue weighted by Gasteiger charge is -2.13. The predicted molar refractivity (Wildman–Crippen MR) is 74.0 cm³/mol. The fourth-order valence-corrected chi connectivity index (χ4v) is 2.31. The number of aryl methyl sites for hydroxylation is 1. The van der Waals surface area contributed by atoms with Gasteiger partial charge in [0, 0.05) is 11.6 Å². The number of hydrogen-bond acceptors (Lipinski definition) is 4. The zero-order valence-corrected chi connectivity index (χ0v) is 12.0. The fourth-order valence-electron chi connectivity index (χ4n) is 2.31. The molecule has 0 aliphatic carbocycles. The van der Waals surface area contributed by atoms with Gasteiger partial charge in [0.2, 0.25) is 0 Å². The second-order valence-electron chi connectivity index (χ2n) is 4.78. The Morgan fingerprint density at radius 3 is 2.60 bits per heavy atom. The van der Waals surface area contributed by atoms with Crippen LogP contribution in [0, 0.1) is 20.8 Å². The summed E-state index contributed by atoms with van der Waals surface area (Å²) in [4.78, 5) is 10.7. The Bertz CT molecular complexity index is 658. The molecule has 20 heavy (non-hydrogen) atoms. The third-order valence-corrected chi connectivity index (χ3v) is 3.39. The molecule has 0 radical (unpaired) electrons. The number of methoxy groups -OCH3 is 1. The molecule has 0 saturated carbocycles. The predicted octanol–water partition coefficient (Wildman–Crippen LogP) is 2.90. The van der Waals surface area contributed by atoms with Crippen molar-refractivity contribution in [1.29, 1.82) is 0 Å². The summed E-state index contributed by atoms with van der Waals surface area (Å²) < 4.78 is 10.6. The van der Waals surface area contributed by atoms with E-state index in [0.717, 1.165) is 28.0 Å². The number of ether oxygens (including phenoxy) is 1. The van der Waals surface area contributed by atoms with Crippen LogP contribution in [-0.4, -0.2) is 23.3 Å². The largest absolute Gasteiger partial charge is 0.496 e. The first-order valence-electron chi connectivity index (χ1n) is 6.26. The lowest BCUT2D eigenvalue weighted by Crippen LogP contribution is -1.99. The number of benzene rings is 1. The fraction of sp³-hybridized carbons (Fsp3) is 0.333. The molecule has 5 nitrogen and oxygen atoms in total. The summed E-state index contributed by atoms with van der Waals surface area (Å²) in [5.74, 6) is 0.507. The third kappa shape index (κ3) is 2.52. The number of carboxylic acid groups (broad SMARTS) is 1. The molecular formula is C15H17NO4.